The summed E-state index contributed by atoms with van der Waals surface area (Å²) in [5, 5.41) is 7.28. The standard InChI is InChI=1S/C27H28N8O3/c1-4-35-23(15-17(2)32-35)24(36)31-27-30-20-16-18(25(37)38-3)11-12-22(20)34(27)14-8-7-13-33-21-10-6-5-9-19(21)29-26(33)28/h5-12,15-16H,4,13-14H2,1-3H3,(H2,28,29)(H,30,31,36). The monoisotopic (exact) mass is 512 g/mol. The number of nitrogens with zero attached hydrogens (tertiary/aromatic N) is 6. The van der Waals surface area contributed by atoms with Gasteiger partial charge in [0.2, 0.25) is 11.9 Å². The number of fused-ring (bicyclic) bond motifs is 2. The van der Waals surface area contributed by atoms with E-state index >= 15 is 0 Å². The van der Waals surface area contributed by atoms with Crippen molar-refractivity contribution in [1.82, 2.24) is 28.9 Å². The number of nitrogens with one attached hydrogen (secondary N) is 1. The zero-order valence-corrected chi connectivity index (χ0v) is 21.4. The van der Waals surface area contributed by atoms with Gasteiger partial charge in [-0.05, 0) is 50.2 Å². The number of allylic oxidation sites excluding steroid dienone is 2. The van der Waals surface area contributed by atoms with Crippen LogP contribution in [0.25, 0.3) is 22.1 Å². The van der Waals surface area contributed by atoms with Gasteiger partial charge >= 0.3 is 5.97 Å². The first kappa shape index (κ1) is 24.8. The lowest BCUT2D eigenvalue weighted by molar-refractivity contribution is 0.0600. The lowest BCUT2D eigenvalue weighted by Crippen LogP contribution is -2.19. The number of hydrogen-bond donors (Lipinski definition) is 2. The van der Waals surface area contributed by atoms with Crippen molar-refractivity contribution in [3.8, 4) is 0 Å². The van der Waals surface area contributed by atoms with E-state index in [9.17, 15) is 9.59 Å². The van der Waals surface area contributed by atoms with E-state index in [0.717, 1.165) is 22.2 Å². The Morgan fingerprint density at radius 1 is 1.00 bits per heavy atom. The Balaban J connectivity index is 1.45. The summed E-state index contributed by atoms with van der Waals surface area (Å²) in [6.45, 7) is 5.27. The Bertz CT molecular complexity index is 1690. The molecule has 3 aromatic heterocycles. The number of benzene rings is 2. The Hall–Kier alpha value is -4.93. The Morgan fingerprint density at radius 3 is 2.50 bits per heavy atom. The number of methoxy groups -OCH3 is 1. The molecule has 0 unspecified atom stereocenters. The second-order valence-electron chi connectivity index (χ2n) is 8.72. The number of carbonyl (C=O) groups excluding carboxylic acids is 2. The zero-order chi connectivity index (χ0) is 26.8. The second-order valence-corrected chi connectivity index (χ2v) is 8.72. The van der Waals surface area contributed by atoms with Gasteiger partial charge in [-0.2, -0.15) is 5.10 Å². The van der Waals surface area contributed by atoms with Crippen molar-refractivity contribution in [3.05, 3.63) is 77.6 Å². The van der Waals surface area contributed by atoms with Crippen molar-refractivity contribution in [3.63, 3.8) is 0 Å². The molecule has 38 heavy (non-hydrogen) atoms. The third-order valence-corrected chi connectivity index (χ3v) is 6.26. The lowest BCUT2D eigenvalue weighted by Gasteiger charge is -2.09. The fraction of sp³-hybridized carbons (Fsp3) is 0.222. The number of rotatable bonds is 8. The van der Waals surface area contributed by atoms with E-state index in [1.807, 2.05) is 59.4 Å². The summed E-state index contributed by atoms with van der Waals surface area (Å²) in [5.74, 6) is 0.0130. The smallest absolute Gasteiger partial charge is 0.337 e. The van der Waals surface area contributed by atoms with Crippen LogP contribution in [0.4, 0.5) is 11.9 Å². The molecule has 3 heterocycles. The number of hydrogen-bond acceptors (Lipinski definition) is 7. The van der Waals surface area contributed by atoms with Crippen LogP contribution in [-0.4, -0.2) is 47.9 Å². The number of ether oxygens (including phenoxy) is 1. The van der Waals surface area contributed by atoms with E-state index in [2.05, 4.69) is 20.4 Å². The molecule has 0 atom stereocenters. The Morgan fingerprint density at radius 2 is 1.74 bits per heavy atom. The highest BCUT2D eigenvalue weighted by Gasteiger charge is 2.19. The van der Waals surface area contributed by atoms with Crippen LogP contribution < -0.4 is 11.1 Å². The molecule has 3 N–H and O–H groups in total. The molecule has 5 rings (SSSR count). The van der Waals surface area contributed by atoms with Gasteiger partial charge in [0.25, 0.3) is 5.91 Å². The Labute approximate surface area is 218 Å². The second kappa shape index (κ2) is 10.2. The summed E-state index contributed by atoms with van der Waals surface area (Å²) >= 11 is 0. The van der Waals surface area contributed by atoms with Gasteiger partial charge in [-0.15, -0.1) is 0 Å². The number of anilines is 2. The quantitative estimate of drug-likeness (QED) is 0.239. The number of esters is 1. The summed E-state index contributed by atoms with van der Waals surface area (Å²) in [4.78, 5) is 34.3. The number of nitrogen functional groups attached to an aromatic ring is 1. The first-order chi connectivity index (χ1) is 18.4. The summed E-state index contributed by atoms with van der Waals surface area (Å²) in [6.07, 6.45) is 3.96. The SMILES string of the molecule is CCn1nc(C)cc1C(=O)Nc1nc2cc(C(=O)OC)ccc2n1CC=CCn1c(N)nc2ccccc21. The number of para-hydroxylation sites is 2. The third-order valence-electron chi connectivity index (χ3n) is 6.26. The van der Waals surface area contributed by atoms with Crippen LogP contribution in [0.15, 0.2) is 60.7 Å². The number of aryl methyl sites for hydroxylation is 2. The molecule has 11 heteroatoms. The first-order valence-electron chi connectivity index (χ1n) is 12.2. The van der Waals surface area contributed by atoms with Crippen molar-refractivity contribution in [2.45, 2.75) is 33.5 Å². The number of carbonyl (C=O) groups is 2. The van der Waals surface area contributed by atoms with Crippen molar-refractivity contribution < 1.29 is 14.3 Å². The molecule has 0 spiro atoms. The lowest BCUT2D eigenvalue weighted by atomic mass is 10.2. The highest BCUT2D eigenvalue weighted by Crippen LogP contribution is 2.23. The maximum atomic E-state index is 13.2. The molecule has 0 saturated carbocycles. The molecule has 194 valence electrons. The largest absolute Gasteiger partial charge is 0.465 e. The maximum Gasteiger partial charge on any atom is 0.337 e. The van der Waals surface area contributed by atoms with Crippen LogP contribution in [0, 0.1) is 6.92 Å². The number of imidazole rings is 2. The number of nitrogens with two attached hydrogens (primary N) is 1. The maximum absolute atomic E-state index is 13.2. The fourth-order valence-corrected chi connectivity index (χ4v) is 4.44. The molecule has 2 aromatic carbocycles. The van der Waals surface area contributed by atoms with E-state index in [1.54, 1.807) is 28.9 Å². The van der Waals surface area contributed by atoms with Gasteiger partial charge in [0.1, 0.15) is 5.69 Å². The Kier molecular flexibility index (Phi) is 6.65. The van der Waals surface area contributed by atoms with Gasteiger partial charge in [0, 0.05) is 19.6 Å². The molecule has 0 bridgehead atoms. The topological polar surface area (TPSA) is 135 Å². The minimum atomic E-state index is -0.459. The molecule has 0 fully saturated rings. The van der Waals surface area contributed by atoms with Crippen LogP contribution in [0.3, 0.4) is 0 Å². The van der Waals surface area contributed by atoms with E-state index in [4.69, 9.17) is 10.5 Å². The summed E-state index contributed by atoms with van der Waals surface area (Å²) in [6, 6.07) is 14.6. The van der Waals surface area contributed by atoms with Crippen molar-refractivity contribution in [2.24, 2.45) is 0 Å². The van der Waals surface area contributed by atoms with Crippen LogP contribution >= 0.6 is 0 Å². The fourth-order valence-electron chi connectivity index (χ4n) is 4.44. The van der Waals surface area contributed by atoms with Gasteiger partial charge in [-0.25, -0.2) is 14.8 Å². The predicted molar refractivity (Wildman–Crippen MR) is 145 cm³/mol. The minimum Gasteiger partial charge on any atom is -0.465 e. The molecule has 5 aromatic rings. The molecular weight excluding hydrogens is 484 g/mol. The van der Waals surface area contributed by atoms with Crippen LogP contribution in [0.5, 0.6) is 0 Å². The van der Waals surface area contributed by atoms with Crippen LogP contribution in [-0.2, 0) is 24.4 Å². The molecule has 0 aliphatic carbocycles. The third kappa shape index (κ3) is 4.61. The van der Waals surface area contributed by atoms with Crippen LogP contribution in [0.2, 0.25) is 0 Å². The average Bonchev–Trinajstić information content (AvgIpc) is 3.57. The summed E-state index contributed by atoms with van der Waals surface area (Å²) in [5.41, 5.74) is 10.8. The normalized spacial score (nSPS) is 11.6. The number of aromatic nitrogens is 6. The van der Waals surface area contributed by atoms with Gasteiger partial charge in [0.15, 0.2) is 0 Å². The van der Waals surface area contributed by atoms with Gasteiger partial charge in [-0.3, -0.25) is 14.8 Å². The van der Waals surface area contributed by atoms with E-state index < -0.39 is 5.97 Å². The van der Waals surface area contributed by atoms with Gasteiger partial charge in [-0.1, -0.05) is 24.3 Å². The molecule has 0 saturated heterocycles. The highest BCUT2D eigenvalue weighted by atomic mass is 16.5. The first-order valence-corrected chi connectivity index (χ1v) is 12.2. The molecule has 0 radical (unpaired) electrons. The average molecular weight is 513 g/mol. The molecule has 0 aliphatic rings. The van der Waals surface area contributed by atoms with Gasteiger partial charge < -0.3 is 19.6 Å². The van der Waals surface area contributed by atoms with Crippen molar-refractivity contribution in [1.29, 1.82) is 0 Å². The van der Waals surface area contributed by atoms with Crippen LogP contribution in [0.1, 0.15) is 33.5 Å². The summed E-state index contributed by atoms with van der Waals surface area (Å²) in [7, 11) is 1.33. The molecular formula is C27H28N8O3. The predicted octanol–water partition coefficient (Wildman–Crippen LogP) is 3.79. The molecule has 11 nitrogen and oxygen atoms in total. The zero-order valence-electron chi connectivity index (χ0n) is 21.4. The van der Waals surface area contributed by atoms with E-state index in [1.165, 1.54) is 7.11 Å². The minimum absolute atomic E-state index is 0.321. The van der Waals surface area contributed by atoms with Crippen molar-refractivity contribution >= 4 is 45.8 Å². The summed E-state index contributed by atoms with van der Waals surface area (Å²) < 4.78 is 10.3. The van der Waals surface area contributed by atoms with Gasteiger partial charge in [0.05, 0.1) is 40.4 Å². The molecule has 1 amide bonds. The molecule has 0 aliphatic heterocycles. The van der Waals surface area contributed by atoms with Crippen molar-refractivity contribution in [2.75, 3.05) is 18.2 Å². The van der Waals surface area contributed by atoms with E-state index in [-0.39, 0.29) is 5.91 Å². The highest BCUT2D eigenvalue weighted by molar-refractivity contribution is 6.03. The van der Waals surface area contributed by atoms with E-state index in [0.29, 0.717) is 48.3 Å². The number of amides is 1.